The van der Waals surface area contributed by atoms with Crippen LogP contribution in [0.2, 0.25) is 0 Å². The molecule has 0 aliphatic carbocycles. The lowest BCUT2D eigenvalue weighted by molar-refractivity contribution is -0.121. The summed E-state index contributed by atoms with van der Waals surface area (Å²) in [6.45, 7) is 9.06. The summed E-state index contributed by atoms with van der Waals surface area (Å²) in [6, 6.07) is 5.39. The van der Waals surface area contributed by atoms with Gasteiger partial charge in [-0.25, -0.2) is 0 Å². The van der Waals surface area contributed by atoms with Gasteiger partial charge in [0, 0.05) is 23.7 Å². The third-order valence-electron chi connectivity index (χ3n) is 5.25. The summed E-state index contributed by atoms with van der Waals surface area (Å²) in [5, 5.41) is 3.15. The number of rotatable bonds is 8. The number of piperidine rings is 1. The molecule has 5 heteroatoms. The zero-order valence-electron chi connectivity index (χ0n) is 16.5. The predicted molar refractivity (Wildman–Crippen MR) is 104 cm³/mol. The molecule has 1 heterocycles. The van der Waals surface area contributed by atoms with Gasteiger partial charge in [0.25, 0.3) is 0 Å². The zero-order chi connectivity index (χ0) is 19.1. The van der Waals surface area contributed by atoms with Crippen molar-refractivity contribution in [3.8, 4) is 5.75 Å². The molecule has 1 aliphatic rings. The Bertz CT molecular complexity index is 622. The highest BCUT2D eigenvalue weighted by molar-refractivity contribution is 5.94. The smallest absolute Gasteiger partial charge is 0.224 e. The first-order valence-corrected chi connectivity index (χ1v) is 9.62. The number of ether oxygens (including phenoxy) is 1. The number of ketones is 1. The lowest BCUT2D eigenvalue weighted by Gasteiger charge is -2.33. The van der Waals surface area contributed by atoms with Gasteiger partial charge in [0.2, 0.25) is 5.91 Å². The van der Waals surface area contributed by atoms with Crippen molar-refractivity contribution >= 4 is 11.7 Å². The maximum absolute atomic E-state index is 12.6. The summed E-state index contributed by atoms with van der Waals surface area (Å²) >= 11 is 0. The van der Waals surface area contributed by atoms with Gasteiger partial charge in [0.1, 0.15) is 5.75 Å². The van der Waals surface area contributed by atoms with Crippen LogP contribution in [0.25, 0.3) is 0 Å². The number of Topliss-reactive ketones (excluding diaryl/α,β-unsaturated/α-hetero) is 1. The molecule has 5 nitrogen and oxygen atoms in total. The third kappa shape index (κ3) is 5.84. The Morgan fingerprint density at radius 2 is 2.00 bits per heavy atom. The second kappa shape index (κ2) is 9.72. The monoisotopic (exact) mass is 360 g/mol. The fraction of sp³-hybridized carbons (Fsp3) is 0.619. The largest absolute Gasteiger partial charge is 0.496 e. The SMILES string of the molecule is CC[C@@H](CN1CCC(C)CC1)NC(=O)Cc1cc(C(C)=O)ccc1OC. The van der Waals surface area contributed by atoms with Crippen LogP contribution in [0.1, 0.15) is 56.0 Å². The van der Waals surface area contributed by atoms with E-state index in [2.05, 4.69) is 24.1 Å². The molecule has 144 valence electrons. The normalized spacial score (nSPS) is 16.9. The quantitative estimate of drug-likeness (QED) is 0.724. The van der Waals surface area contributed by atoms with Crippen molar-refractivity contribution in [2.45, 2.75) is 52.5 Å². The first-order chi connectivity index (χ1) is 12.4. The number of nitrogens with one attached hydrogen (secondary N) is 1. The predicted octanol–water partition coefficient (Wildman–Crippen LogP) is 3.07. The van der Waals surface area contributed by atoms with Crippen molar-refractivity contribution in [2.24, 2.45) is 5.92 Å². The summed E-state index contributed by atoms with van der Waals surface area (Å²) < 4.78 is 5.34. The Labute approximate surface area is 157 Å². The standard InChI is InChI=1S/C21H32N2O3/c1-5-19(14-23-10-8-15(2)9-11-23)22-21(25)13-18-12-17(16(3)24)6-7-20(18)26-4/h6-7,12,15,19H,5,8-11,13-14H2,1-4H3,(H,22,25)/t19-/m0/s1. The van der Waals surface area contributed by atoms with Crippen LogP contribution in [0.5, 0.6) is 5.75 Å². The highest BCUT2D eigenvalue weighted by atomic mass is 16.5. The number of carbonyl (C=O) groups is 2. The van der Waals surface area contributed by atoms with Crippen molar-refractivity contribution in [2.75, 3.05) is 26.7 Å². The van der Waals surface area contributed by atoms with Crippen molar-refractivity contribution in [3.63, 3.8) is 0 Å². The molecule has 1 aromatic carbocycles. The van der Waals surface area contributed by atoms with Crippen LogP contribution >= 0.6 is 0 Å². The average Bonchev–Trinajstić information content (AvgIpc) is 2.62. The molecule has 0 unspecified atom stereocenters. The van der Waals surface area contributed by atoms with E-state index in [4.69, 9.17) is 4.74 Å². The van der Waals surface area contributed by atoms with Gasteiger partial charge in [-0.15, -0.1) is 0 Å². The molecule has 0 spiro atoms. The van der Waals surface area contributed by atoms with E-state index in [9.17, 15) is 9.59 Å². The van der Waals surface area contributed by atoms with E-state index in [0.717, 1.165) is 37.5 Å². The molecule has 1 aliphatic heterocycles. The van der Waals surface area contributed by atoms with E-state index in [-0.39, 0.29) is 24.2 Å². The van der Waals surface area contributed by atoms with Crippen LogP contribution in [0.15, 0.2) is 18.2 Å². The number of hydrogen-bond acceptors (Lipinski definition) is 4. The lowest BCUT2D eigenvalue weighted by Crippen LogP contribution is -2.46. The molecule has 1 atom stereocenters. The Kier molecular flexibility index (Phi) is 7.64. The fourth-order valence-electron chi connectivity index (χ4n) is 3.42. The van der Waals surface area contributed by atoms with Gasteiger partial charge in [0.05, 0.1) is 13.5 Å². The number of hydrogen-bond donors (Lipinski definition) is 1. The molecule has 0 bridgehead atoms. The van der Waals surface area contributed by atoms with E-state index in [0.29, 0.717) is 11.3 Å². The first-order valence-electron chi connectivity index (χ1n) is 9.62. The van der Waals surface area contributed by atoms with Crippen LogP contribution in [0.3, 0.4) is 0 Å². The summed E-state index contributed by atoms with van der Waals surface area (Å²) in [5.74, 6) is 1.41. The van der Waals surface area contributed by atoms with Crippen molar-refractivity contribution < 1.29 is 14.3 Å². The summed E-state index contributed by atoms with van der Waals surface area (Å²) in [6.07, 6.45) is 3.60. The van der Waals surface area contributed by atoms with Gasteiger partial charge in [0.15, 0.2) is 5.78 Å². The van der Waals surface area contributed by atoms with Gasteiger partial charge in [-0.1, -0.05) is 13.8 Å². The van der Waals surface area contributed by atoms with Crippen LogP contribution in [-0.2, 0) is 11.2 Å². The minimum atomic E-state index is -0.0266. The first kappa shape index (κ1) is 20.4. The molecule has 1 N–H and O–H groups in total. The number of benzene rings is 1. The minimum Gasteiger partial charge on any atom is -0.496 e. The van der Waals surface area contributed by atoms with E-state index in [1.807, 2.05) is 0 Å². The van der Waals surface area contributed by atoms with E-state index >= 15 is 0 Å². The van der Waals surface area contributed by atoms with Gasteiger partial charge >= 0.3 is 0 Å². The van der Waals surface area contributed by atoms with Gasteiger partial charge in [-0.2, -0.15) is 0 Å². The van der Waals surface area contributed by atoms with Gasteiger partial charge < -0.3 is 15.0 Å². The van der Waals surface area contributed by atoms with Crippen LogP contribution < -0.4 is 10.1 Å². The maximum atomic E-state index is 12.6. The molecule has 0 radical (unpaired) electrons. The number of methoxy groups -OCH3 is 1. The molecule has 26 heavy (non-hydrogen) atoms. The topological polar surface area (TPSA) is 58.6 Å². The van der Waals surface area contributed by atoms with Crippen LogP contribution in [-0.4, -0.2) is 49.4 Å². The fourth-order valence-corrected chi connectivity index (χ4v) is 3.42. The number of amides is 1. The molecule has 0 saturated carbocycles. The Balaban J connectivity index is 1.95. The minimum absolute atomic E-state index is 0.0138. The van der Waals surface area contributed by atoms with Crippen LogP contribution in [0, 0.1) is 5.92 Å². The van der Waals surface area contributed by atoms with Crippen molar-refractivity contribution in [1.82, 2.24) is 10.2 Å². The summed E-state index contributed by atoms with van der Waals surface area (Å²) in [7, 11) is 1.58. The number of likely N-dealkylation sites (tertiary alicyclic amines) is 1. The summed E-state index contributed by atoms with van der Waals surface area (Å²) in [4.78, 5) is 26.6. The van der Waals surface area contributed by atoms with Crippen molar-refractivity contribution in [3.05, 3.63) is 29.3 Å². The molecule has 1 aromatic rings. The molecule has 1 fully saturated rings. The summed E-state index contributed by atoms with van der Waals surface area (Å²) in [5.41, 5.74) is 1.35. The highest BCUT2D eigenvalue weighted by Crippen LogP contribution is 2.21. The molecule has 2 rings (SSSR count). The maximum Gasteiger partial charge on any atom is 0.224 e. The Morgan fingerprint density at radius 1 is 1.31 bits per heavy atom. The van der Waals surface area contributed by atoms with E-state index < -0.39 is 0 Å². The Morgan fingerprint density at radius 3 is 2.58 bits per heavy atom. The Hall–Kier alpha value is -1.88. The number of carbonyl (C=O) groups excluding carboxylic acids is 2. The third-order valence-corrected chi connectivity index (χ3v) is 5.25. The zero-order valence-corrected chi connectivity index (χ0v) is 16.5. The molecular formula is C21H32N2O3. The van der Waals surface area contributed by atoms with Crippen molar-refractivity contribution in [1.29, 1.82) is 0 Å². The van der Waals surface area contributed by atoms with E-state index in [1.165, 1.54) is 19.8 Å². The van der Waals surface area contributed by atoms with Gasteiger partial charge in [-0.05, 0) is 63.4 Å². The molecular weight excluding hydrogens is 328 g/mol. The van der Waals surface area contributed by atoms with Crippen LogP contribution in [0.4, 0.5) is 0 Å². The molecule has 1 saturated heterocycles. The second-order valence-electron chi connectivity index (χ2n) is 7.42. The molecule has 0 aromatic heterocycles. The lowest BCUT2D eigenvalue weighted by atomic mass is 9.98. The highest BCUT2D eigenvalue weighted by Gasteiger charge is 2.20. The van der Waals surface area contributed by atoms with Gasteiger partial charge in [-0.3, -0.25) is 9.59 Å². The second-order valence-corrected chi connectivity index (χ2v) is 7.42. The average molecular weight is 360 g/mol. The van der Waals surface area contributed by atoms with E-state index in [1.54, 1.807) is 25.3 Å². The molecule has 1 amide bonds. The number of nitrogens with zero attached hydrogens (tertiary/aromatic N) is 1.